The fourth-order valence-corrected chi connectivity index (χ4v) is 5.91. The number of carbonyl (C=O) groups excluding carboxylic acids is 1. The molecule has 8 heteroatoms. The second kappa shape index (κ2) is 7.59. The summed E-state index contributed by atoms with van der Waals surface area (Å²) in [7, 11) is -3.84. The van der Waals surface area contributed by atoms with Gasteiger partial charge in [0.25, 0.3) is 15.9 Å². The van der Waals surface area contributed by atoms with Gasteiger partial charge in [0.05, 0.1) is 30.3 Å². The summed E-state index contributed by atoms with van der Waals surface area (Å²) in [5.74, 6) is 0.196. The van der Waals surface area contributed by atoms with Crippen LogP contribution in [0, 0.1) is 0 Å². The van der Waals surface area contributed by atoms with E-state index in [0.717, 1.165) is 24.8 Å². The maximum Gasteiger partial charge on any atom is 0.265 e. The van der Waals surface area contributed by atoms with Crippen molar-refractivity contribution in [1.82, 2.24) is 4.90 Å². The van der Waals surface area contributed by atoms with Crippen LogP contribution in [0.3, 0.4) is 0 Å². The Labute approximate surface area is 176 Å². The van der Waals surface area contributed by atoms with E-state index in [2.05, 4.69) is 0 Å². The van der Waals surface area contributed by atoms with Crippen molar-refractivity contribution in [3.63, 3.8) is 0 Å². The van der Waals surface area contributed by atoms with Crippen LogP contribution in [-0.2, 0) is 32.4 Å². The van der Waals surface area contributed by atoms with Gasteiger partial charge in [0.1, 0.15) is 5.75 Å². The van der Waals surface area contributed by atoms with Gasteiger partial charge in [0, 0.05) is 13.1 Å². The fourth-order valence-electron chi connectivity index (χ4n) is 4.38. The maximum atomic E-state index is 13.6. The number of nitrogens with zero attached hydrogens (tertiary/aromatic N) is 2. The molecule has 0 bridgehead atoms. The molecule has 30 heavy (non-hydrogen) atoms. The number of amides is 1. The van der Waals surface area contributed by atoms with E-state index in [1.165, 1.54) is 9.87 Å². The molecule has 2 aromatic rings. The number of hydrogen-bond donors (Lipinski definition) is 0. The zero-order valence-electron chi connectivity index (χ0n) is 16.6. The highest BCUT2D eigenvalue weighted by Crippen LogP contribution is 2.37. The van der Waals surface area contributed by atoms with Gasteiger partial charge in [-0.1, -0.05) is 18.2 Å². The summed E-state index contributed by atoms with van der Waals surface area (Å²) in [6.07, 6.45) is 2.06. The molecule has 2 aromatic carbocycles. The predicted octanol–water partition coefficient (Wildman–Crippen LogP) is 1.99. The van der Waals surface area contributed by atoms with Crippen molar-refractivity contribution in [3.05, 3.63) is 53.6 Å². The lowest BCUT2D eigenvalue weighted by Crippen LogP contribution is -2.54. The van der Waals surface area contributed by atoms with Crippen molar-refractivity contribution >= 4 is 21.6 Å². The lowest BCUT2D eigenvalue weighted by molar-refractivity contribution is -0.142. The zero-order valence-corrected chi connectivity index (χ0v) is 17.4. The highest BCUT2D eigenvalue weighted by Gasteiger charge is 2.39. The van der Waals surface area contributed by atoms with Gasteiger partial charge in [-0.3, -0.25) is 9.10 Å². The minimum atomic E-state index is -3.84. The van der Waals surface area contributed by atoms with Crippen LogP contribution in [0.5, 0.6) is 5.75 Å². The number of sulfonamides is 1. The molecule has 2 aliphatic heterocycles. The lowest BCUT2D eigenvalue weighted by Gasteiger charge is -2.37. The number of ether oxygens (including phenoxy) is 2. The summed E-state index contributed by atoms with van der Waals surface area (Å²) in [6.45, 7) is 1.88. The lowest BCUT2D eigenvalue weighted by atomic mass is 10.1. The molecule has 0 spiro atoms. The first-order valence-corrected chi connectivity index (χ1v) is 11.7. The molecule has 2 heterocycles. The van der Waals surface area contributed by atoms with E-state index in [1.807, 2.05) is 6.07 Å². The summed E-state index contributed by atoms with van der Waals surface area (Å²) in [4.78, 5) is 15.0. The predicted molar refractivity (Wildman–Crippen MR) is 111 cm³/mol. The monoisotopic (exact) mass is 428 g/mol. The third kappa shape index (κ3) is 3.33. The Bertz CT molecular complexity index is 1080. The van der Waals surface area contributed by atoms with E-state index in [0.29, 0.717) is 37.7 Å². The number of carbonyl (C=O) groups is 1. The van der Waals surface area contributed by atoms with Crippen LogP contribution in [0.15, 0.2) is 47.4 Å². The molecule has 1 fully saturated rings. The summed E-state index contributed by atoms with van der Waals surface area (Å²) in [5, 5.41) is 0. The van der Waals surface area contributed by atoms with E-state index in [-0.39, 0.29) is 17.3 Å². The second-order valence-electron chi connectivity index (χ2n) is 7.83. The first-order valence-electron chi connectivity index (χ1n) is 10.3. The molecule has 158 valence electrons. The molecular formula is C22H24N2O5S. The number of benzene rings is 2. The fraction of sp³-hybridized carbons (Fsp3) is 0.409. The molecule has 0 saturated carbocycles. The quantitative estimate of drug-likeness (QED) is 0.747. The van der Waals surface area contributed by atoms with Gasteiger partial charge in [-0.25, -0.2) is 8.42 Å². The largest absolute Gasteiger partial charge is 0.476 e. The van der Waals surface area contributed by atoms with Crippen molar-refractivity contribution in [2.24, 2.45) is 0 Å². The van der Waals surface area contributed by atoms with Gasteiger partial charge in [-0.2, -0.15) is 0 Å². The van der Waals surface area contributed by atoms with Crippen LogP contribution >= 0.6 is 0 Å². The number of aryl methyl sites for hydroxylation is 2. The Morgan fingerprint density at radius 3 is 2.60 bits per heavy atom. The van der Waals surface area contributed by atoms with E-state index in [4.69, 9.17) is 9.47 Å². The van der Waals surface area contributed by atoms with Crippen LogP contribution in [0.1, 0.15) is 17.5 Å². The number of anilines is 1. The smallest absolute Gasteiger partial charge is 0.265 e. The molecule has 1 amide bonds. The number of para-hydroxylation sites is 2. The SMILES string of the molecule is O=C(C1CN(S(=O)(=O)c2ccc3c(c2)CCC3)c2ccccc2O1)N1CCOCC1. The van der Waals surface area contributed by atoms with Crippen LogP contribution in [0.25, 0.3) is 0 Å². The van der Waals surface area contributed by atoms with Crippen molar-refractivity contribution in [1.29, 1.82) is 0 Å². The Morgan fingerprint density at radius 2 is 1.77 bits per heavy atom. The highest BCUT2D eigenvalue weighted by atomic mass is 32.2. The van der Waals surface area contributed by atoms with Crippen LogP contribution in [0.4, 0.5) is 5.69 Å². The Balaban J connectivity index is 1.50. The van der Waals surface area contributed by atoms with Crippen LogP contribution < -0.4 is 9.04 Å². The first kappa shape index (κ1) is 19.4. The maximum absolute atomic E-state index is 13.6. The number of morpholine rings is 1. The molecule has 7 nitrogen and oxygen atoms in total. The second-order valence-corrected chi connectivity index (χ2v) is 9.69. The molecule has 5 rings (SSSR count). The number of rotatable bonds is 3. The summed E-state index contributed by atoms with van der Waals surface area (Å²) < 4.78 is 39.8. The minimum Gasteiger partial charge on any atom is -0.476 e. The Morgan fingerprint density at radius 1 is 1.00 bits per heavy atom. The Kier molecular flexibility index (Phi) is 4.91. The molecule has 1 saturated heterocycles. The van der Waals surface area contributed by atoms with Crippen LogP contribution in [-0.4, -0.2) is 58.2 Å². The number of fused-ring (bicyclic) bond motifs is 2. The van der Waals surface area contributed by atoms with Gasteiger partial charge in [-0.15, -0.1) is 0 Å². The van der Waals surface area contributed by atoms with Gasteiger partial charge in [0.2, 0.25) is 0 Å². The average molecular weight is 429 g/mol. The summed E-state index contributed by atoms with van der Waals surface area (Å²) in [5.41, 5.74) is 2.78. The first-order chi connectivity index (χ1) is 14.5. The molecule has 0 aromatic heterocycles. The van der Waals surface area contributed by atoms with E-state index in [9.17, 15) is 13.2 Å². The molecule has 0 N–H and O–H groups in total. The Hall–Kier alpha value is -2.58. The van der Waals surface area contributed by atoms with Gasteiger partial charge in [-0.05, 0) is 54.7 Å². The van der Waals surface area contributed by atoms with Crippen LogP contribution in [0.2, 0.25) is 0 Å². The summed E-state index contributed by atoms with van der Waals surface area (Å²) in [6, 6.07) is 12.4. The highest BCUT2D eigenvalue weighted by molar-refractivity contribution is 7.92. The average Bonchev–Trinajstić information content (AvgIpc) is 3.26. The van der Waals surface area contributed by atoms with Crippen molar-refractivity contribution in [2.45, 2.75) is 30.3 Å². The van der Waals surface area contributed by atoms with E-state index >= 15 is 0 Å². The van der Waals surface area contributed by atoms with Gasteiger partial charge < -0.3 is 14.4 Å². The molecule has 1 unspecified atom stereocenters. The molecule has 1 aliphatic carbocycles. The van der Waals surface area contributed by atoms with Gasteiger partial charge in [0.15, 0.2) is 6.10 Å². The third-order valence-corrected chi connectivity index (χ3v) is 7.77. The zero-order chi connectivity index (χ0) is 20.7. The van der Waals surface area contributed by atoms with Gasteiger partial charge >= 0.3 is 0 Å². The van der Waals surface area contributed by atoms with E-state index < -0.39 is 16.1 Å². The standard InChI is InChI=1S/C22H24N2O5S/c25-22(23-10-12-28-13-11-23)21-15-24(19-6-1-2-7-20(19)29-21)30(26,27)18-9-8-16-4-3-5-17(16)14-18/h1-2,6-9,14,21H,3-5,10-13,15H2. The number of hydrogen-bond acceptors (Lipinski definition) is 5. The molecule has 1 atom stereocenters. The van der Waals surface area contributed by atoms with Crippen molar-refractivity contribution in [2.75, 3.05) is 37.2 Å². The summed E-state index contributed by atoms with van der Waals surface area (Å²) >= 11 is 0. The molecule has 0 radical (unpaired) electrons. The minimum absolute atomic E-state index is 0.0490. The van der Waals surface area contributed by atoms with E-state index in [1.54, 1.807) is 41.3 Å². The topological polar surface area (TPSA) is 76.2 Å². The third-order valence-electron chi connectivity index (χ3n) is 5.99. The molecule has 3 aliphatic rings. The van der Waals surface area contributed by atoms with Crippen molar-refractivity contribution < 1.29 is 22.7 Å². The van der Waals surface area contributed by atoms with Crippen molar-refractivity contribution in [3.8, 4) is 5.75 Å². The molecular weight excluding hydrogens is 404 g/mol. The normalized spacial score (nSPS) is 21.0.